The van der Waals surface area contributed by atoms with Crippen LogP contribution in [0.1, 0.15) is 54.4 Å². The zero-order valence-corrected chi connectivity index (χ0v) is 18.0. The van der Waals surface area contributed by atoms with Crippen LogP contribution in [0.4, 0.5) is 5.69 Å². The van der Waals surface area contributed by atoms with Gasteiger partial charge in [0.15, 0.2) is 0 Å². The molecule has 1 aromatic heterocycles. The van der Waals surface area contributed by atoms with Crippen molar-refractivity contribution in [3.05, 3.63) is 83.9 Å². The first-order chi connectivity index (χ1) is 15.0. The molecule has 2 heterocycles. The Morgan fingerprint density at radius 3 is 2.71 bits per heavy atom. The number of benzene rings is 2. The van der Waals surface area contributed by atoms with E-state index in [-0.39, 0.29) is 11.8 Å². The van der Waals surface area contributed by atoms with Gasteiger partial charge in [-0.25, -0.2) is 4.98 Å². The monoisotopic (exact) mass is 416 g/mol. The van der Waals surface area contributed by atoms with Crippen molar-refractivity contribution in [3.8, 4) is 0 Å². The van der Waals surface area contributed by atoms with Crippen molar-refractivity contribution in [1.82, 2.24) is 14.5 Å². The lowest BCUT2D eigenvalue weighted by Crippen LogP contribution is -2.43. The number of imidazole rings is 1. The summed E-state index contributed by atoms with van der Waals surface area (Å²) in [6.45, 7) is 5.54. The molecule has 4 rings (SSSR count). The molecule has 1 saturated heterocycles. The van der Waals surface area contributed by atoms with Gasteiger partial charge in [0.2, 0.25) is 5.91 Å². The molecule has 6 nitrogen and oxygen atoms in total. The number of carbonyl (C=O) groups is 2. The summed E-state index contributed by atoms with van der Waals surface area (Å²) in [5.74, 6) is 1.15. The number of hydrogen-bond donors (Lipinski definition) is 1. The average Bonchev–Trinajstić information content (AvgIpc) is 3.44. The first-order valence-corrected chi connectivity index (χ1v) is 10.8. The molecular formula is C25H28N4O2. The molecule has 160 valence electrons. The van der Waals surface area contributed by atoms with Crippen molar-refractivity contribution in [2.24, 2.45) is 0 Å². The third-order valence-corrected chi connectivity index (χ3v) is 5.65. The molecular weight excluding hydrogens is 388 g/mol. The van der Waals surface area contributed by atoms with Gasteiger partial charge in [0.05, 0.1) is 0 Å². The van der Waals surface area contributed by atoms with E-state index in [2.05, 4.69) is 28.7 Å². The van der Waals surface area contributed by atoms with Crippen LogP contribution in [-0.2, 0) is 11.3 Å². The van der Waals surface area contributed by atoms with Crippen LogP contribution in [0.15, 0.2) is 67.0 Å². The van der Waals surface area contributed by atoms with Crippen LogP contribution in [-0.4, -0.2) is 38.9 Å². The van der Waals surface area contributed by atoms with Gasteiger partial charge in [-0.3, -0.25) is 9.59 Å². The first kappa shape index (κ1) is 20.8. The number of nitrogens with zero attached hydrogens (tertiary/aromatic N) is 3. The van der Waals surface area contributed by atoms with E-state index in [0.29, 0.717) is 31.0 Å². The van der Waals surface area contributed by atoms with Crippen LogP contribution in [0.3, 0.4) is 0 Å². The van der Waals surface area contributed by atoms with Crippen molar-refractivity contribution in [2.45, 2.75) is 45.2 Å². The Bertz CT molecular complexity index is 1060. The van der Waals surface area contributed by atoms with Crippen molar-refractivity contribution >= 4 is 17.5 Å². The number of likely N-dealkylation sites (tertiary alicyclic amines) is 1. The third kappa shape index (κ3) is 4.68. The Balaban J connectivity index is 1.45. The smallest absolute Gasteiger partial charge is 0.254 e. The van der Waals surface area contributed by atoms with Crippen molar-refractivity contribution in [2.75, 3.05) is 11.9 Å². The lowest BCUT2D eigenvalue weighted by atomic mass is 10.1. The predicted octanol–water partition coefficient (Wildman–Crippen LogP) is 4.30. The molecule has 0 radical (unpaired) electrons. The normalized spacial score (nSPS) is 16.0. The highest BCUT2D eigenvalue weighted by Gasteiger charge is 2.34. The summed E-state index contributed by atoms with van der Waals surface area (Å²) in [4.78, 5) is 32.0. The zero-order valence-electron chi connectivity index (χ0n) is 18.0. The molecule has 1 aliphatic heterocycles. The molecule has 0 aliphatic carbocycles. The molecule has 1 unspecified atom stereocenters. The Kier molecular flexibility index (Phi) is 6.16. The van der Waals surface area contributed by atoms with Gasteiger partial charge >= 0.3 is 0 Å². The third-order valence-electron chi connectivity index (χ3n) is 5.65. The quantitative estimate of drug-likeness (QED) is 0.652. The van der Waals surface area contributed by atoms with E-state index < -0.39 is 6.04 Å². The van der Waals surface area contributed by atoms with E-state index in [1.165, 1.54) is 0 Å². The van der Waals surface area contributed by atoms with Gasteiger partial charge in [-0.1, -0.05) is 44.2 Å². The standard InChI is InChI=1S/C25H28N4O2/c1-18(2)23-26-13-15-28(23)17-19-8-6-11-21(16-19)27-24(30)22-12-7-14-29(22)25(31)20-9-4-3-5-10-20/h3-6,8-11,13,15-16,18,22H,7,12,14,17H2,1-2H3,(H,27,30). The van der Waals surface area contributed by atoms with Crippen LogP contribution < -0.4 is 5.32 Å². The molecule has 1 aliphatic rings. The van der Waals surface area contributed by atoms with Gasteiger partial charge in [0, 0.05) is 42.7 Å². The predicted molar refractivity (Wildman–Crippen MR) is 121 cm³/mol. The summed E-state index contributed by atoms with van der Waals surface area (Å²) in [5.41, 5.74) is 2.44. The maximum absolute atomic E-state index is 13.0. The highest BCUT2D eigenvalue weighted by molar-refractivity contribution is 6.01. The van der Waals surface area contributed by atoms with E-state index in [0.717, 1.165) is 23.5 Å². The second kappa shape index (κ2) is 9.16. The second-order valence-electron chi connectivity index (χ2n) is 8.28. The minimum Gasteiger partial charge on any atom is -0.330 e. The highest BCUT2D eigenvalue weighted by Crippen LogP contribution is 2.22. The van der Waals surface area contributed by atoms with Crippen molar-refractivity contribution < 1.29 is 9.59 Å². The number of hydrogen-bond acceptors (Lipinski definition) is 3. The Morgan fingerprint density at radius 2 is 1.94 bits per heavy atom. The molecule has 0 spiro atoms. The summed E-state index contributed by atoms with van der Waals surface area (Å²) < 4.78 is 2.13. The van der Waals surface area contributed by atoms with Gasteiger partial charge in [0.25, 0.3) is 5.91 Å². The molecule has 0 bridgehead atoms. The van der Waals surface area contributed by atoms with Gasteiger partial charge in [-0.05, 0) is 42.7 Å². The fourth-order valence-electron chi connectivity index (χ4n) is 4.15. The summed E-state index contributed by atoms with van der Waals surface area (Å²) in [6.07, 6.45) is 5.30. The zero-order chi connectivity index (χ0) is 21.8. The number of rotatable bonds is 6. The second-order valence-corrected chi connectivity index (χ2v) is 8.28. The maximum Gasteiger partial charge on any atom is 0.254 e. The summed E-state index contributed by atoms with van der Waals surface area (Å²) >= 11 is 0. The first-order valence-electron chi connectivity index (χ1n) is 10.8. The Labute approximate surface area is 182 Å². The number of nitrogens with one attached hydrogen (secondary N) is 1. The Hall–Kier alpha value is -3.41. The van der Waals surface area contributed by atoms with Crippen LogP contribution in [0.5, 0.6) is 0 Å². The molecule has 1 atom stereocenters. The minimum absolute atomic E-state index is 0.0895. The number of aromatic nitrogens is 2. The van der Waals surface area contributed by atoms with E-state index in [1.807, 2.05) is 54.9 Å². The van der Waals surface area contributed by atoms with Gasteiger partial charge in [-0.15, -0.1) is 0 Å². The molecule has 3 aromatic rings. The largest absolute Gasteiger partial charge is 0.330 e. The summed E-state index contributed by atoms with van der Waals surface area (Å²) in [6, 6.07) is 16.6. The Morgan fingerprint density at radius 1 is 1.13 bits per heavy atom. The number of amides is 2. The fraction of sp³-hybridized carbons (Fsp3) is 0.320. The fourth-order valence-corrected chi connectivity index (χ4v) is 4.15. The molecule has 0 saturated carbocycles. The molecule has 31 heavy (non-hydrogen) atoms. The highest BCUT2D eigenvalue weighted by atomic mass is 16.2. The van der Waals surface area contributed by atoms with Crippen LogP contribution >= 0.6 is 0 Å². The van der Waals surface area contributed by atoms with Crippen LogP contribution in [0, 0.1) is 0 Å². The van der Waals surface area contributed by atoms with Crippen LogP contribution in [0.2, 0.25) is 0 Å². The van der Waals surface area contributed by atoms with E-state index in [9.17, 15) is 9.59 Å². The molecule has 2 amide bonds. The summed E-state index contributed by atoms with van der Waals surface area (Å²) in [7, 11) is 0. The topological polar surface area (TPSA) is 67.2 Å². The average molecular weight is 417 g/mol. The molecule has 1 N–H and O–H groups in total. The lowest BCUT2D eigenvalue weighted by Gasteiger charge is -2.24. The van der Waals surface area contributed by atoms with Gasteiger partial charge < -0.3 is 14.8 Å². The number of anilines is 1. The molecule has 2 aromatic carbocycles. The van der Waals surface area contributed by atoms with E-state index in [4.69, 9.17) is 0 Å². The maximum atomic E-state index is 13.0. The van der Waals surface area contributed by atoms with Crippen molar-refractivity contribution in [1.29, 1.82) is 0 Å². The molecule has 6 heteroatoms. The van der Waals surface area contributed by atoms with Crippen LogP contribution in [0.25, 0.3) is 0 Å². The van der Waals surface area contributed by atoms with E-state index in [1.54, 1.807) is 17.0 Å². The van der Waals surface area contributed by atoms with E-state index >= 15 is 0 Å². The minimum atomic E-state index is -0.447. The van der Waals surface area contributed by atoms with Gasteiger partial charge in [0.1, 0.15) is 11.9 Å². The van der Waals surface area contributed by atoms with Gasteiger partial charge in [-0.2, -0.15) is 0 Å². The lowest BCUT2D eigenvalue weighted by molar-refractivity contribution is -0.119. The summed E-state index contributed by atoms with van der Waals surface area (Å²) in [5, 5.41) is 3.02. The SMILES string of the molecule is CC(C)c1nccn1Cc1cccc(NC(=O)C2CCCN2C(=O)c2ccccc2)c1. The number of carbonyl (C=O) groups excluding carboxylic acids is 2. The molecule has 1 fully saturated rings. The van der Waals surface area contributed by atoms with Crippen molar-refractivity contribution in [3.63, 3.8) is 0 Å².